The van der Waals surface area contributed by atoms with Crippen LogP contribution in [0.25, 0.3) is 0 Å². The molecule has 0 aliphatic carbocycles. The Morgan fingerprint density at radius 2 is 1.88 bits per heavy atom. The first-order valence-electron chi connectivity index (χ1n) is 17.0. The van der Waals surface area contributed by atoms with Crippen LogP contribution >= 0.6 is 0 Å². The quantitative estimate of drug-likeness (QED) is 0.217. The normalized spacial score (nSPS) is 24.3. The molecule has 0 bridgehead atoms. The highest BCUT2D eigenvalue weighted by Crippen LogP contribution is 2.59. The van der Waals surface area contributed by atoms with Gasteiger partial charge in [-0.05, 0) is 47.9 Å². The molecule has 0 radical (unpaired) electrons. The molecule has 49 heavy (non-hydrogen) atoms. The van der Waals surface area contributed by atoms with Gasteiger partial charge in [-0.2, -0.15) is 0 Å². The molecule has 3 aromatic carbocycles. The molecule has 3 N–H and O–H groups in total. The number of carbonyl (C=O) groups excluding carboxylic acids is 2. The van der Waals surface area contributed by atoms with E-state index in [1.165, 1.54) is 5.19 Å². The molecule has 5 atom stereocenters. The number of hydrogen-bond acceptors (Lipinski definition) is 8. The Hall–Kier alpha value is -4.36. The Bertz CT molecular complexity index is 1830. The van der Waals surface area contributed by atoms with Gasteiger partial charge < -0.3 is 30.1 Å². The van der Waals surface area contributed by atoms with Gasteiger partial charge in [0.05, 0.1) is 46.1 Å². The van der Waals surface area contributed by atoms with Gasteiger partial charge in [-0.25, -0.2) is 0 Å². The first-order chi connectivity index (χ1) is 23.7. The van der Waals surface area contributed by atoms with Crippen LogP contribution in [0.15, 0.2) is 79.0 Å². The summed E-state index contributed by atoms with van der Waals surface area (Å²) in [5.74, 6) is 0.201. The lowest BCUT2D eigenvalue weighted by molar-refractivity contribution is -0.143. The van der Waals surface area contributed by atoms with Crippen molar-refractivity contribution in [2.45, 2.75) is 56.1 Å². The van der Waals surface area contributed by atoms with Crippen LogP contribution < -0.4 is 25.5 Å². The lowest BCUT2D eigenvalue weighted by Gasteiger charge is -2.37. The van der Waals surface area contributed by atoms with Crippen LogP contribution in [-0.2, 0) is 26.5 Å². The van der Waals surface area contributed by atoms with Crippen LogP contribution in [0.5, 0.6) is 5.75 Å². The monoisotopic (exact) mass is 680 g/mol. The molecule has 4 aromatic rings. The Balaban J connectivity index is 1.23. The molecular formula is C37H44N6O5Si. The third-order valence-electron chi connectivity index (χ3n) is 10.9. The molecule has 2 saturated heterocycles. The van der Waals surface area contributed by atoms with Crippen molar-refractivity contribution >= 4 is 36.4 Å². The zero-order valence-electron chi connectivity index (χ0n) is 28.4. The molecule has 1 unspecified atom stereocenters. The van der Waals surface area contributed by atoms with E-state index in [2.05, 4.69) is 53.1 Å². The summed E-state index contributed by atoms with van der Waals surface area (Å²) in [5.41, 5.74) is 2.81. The second-order valence-electron chi connectivity index (χ2n) is 13.9. The van der Waals surface area contributed by atoms with Gasteiger partial charge in [-0.15, -0.1) is 5.10 Å². The first kappa shape index (κ1) is 33.1. The van der Waals surface area contributed by atoms with Crippen molar-refractivity contribution in [3.63, 3.8) is 0 Å². The van der Waals surface area contributed by atoms with Crippen molar-refractivity contribution in [1.29, 1.82) is 0 Å². The molecule has 0 saturated carbocycles. The lowest BCUT2D eigenvalue weighted by atomic mass is 9.82. The van der Waals surface area contributed by atoms with Gasteiger partial charge in [0.1, 0.15) is 5.75 Å². The second kappa shape index (κ2) is 13.2. The number of methoxy groups -OCH3 is 1. The topological polar surface area (TPSA) is 131 Å². The molecule has 2 fully saturated rings. The summed E-state index contributed by atoms with van der Waals surface area (Å²) in [6.45, 7) is 8.87. The minimum Gasteiger partial charge on any atom is -0.497 e. The number of amides is 2. The van der Waals surface area contributed by atoms with Gasteiger partial charge >= 0.3 is 0 Å². The van der Waals surface area contributed by atoms with Crippen LogP contribution in [0.4, 0.5) is 11.4 Å². The maximum atomic E-state index is 14.2. The van der Waals surface area contributed by atoms with E-state index in [-0.39, 0.29) is 48.4 Å². The lowest BCUT2D eigenvalue weighted by Crippen LogP contribution is -2.51. The van der Waals surface area contributed by atoms with Gasteiger partial charge in [-0.1, -0.05) is 72.9 Å². The van der Waals surface area contributed by atoms with Gasteiger partial charge in [-0.3, -0.25) is 14.3 Å². The average molecular weight is 681 g/mol. The highest BCUT2D eigenvalue weighted by molar-refractivity contribution is 6.91. The fourth-order valence-corrected chi connectivity index (χ4v) is 12.4. The number of fused-ring (bicyclic) bond motifs is 2. The number of hydrogen-bond donors (Lipinski definition) is 3. The summed E-state index contributed by atoms with van der Waals surface area (Å²) >= 11 is 0. The van der Waals surface area contributed by atoms with Crippen molar-refractivity contribution in [3.8, 4) is 5.75 Å². The van der Waals surface area contributed by atoms with Gasteiger partial charge in [0.25, 0.3) is 5.91 Å². The molecule has 3 aliphatic heterocycles. The Morgan fingerprint density at radius 3 is 2.59 bits per heavy atom. The number of piperazine rings is 1. The van der Waals surface area contributed by atoms with Crippen LogP contribution in [0, 0.1) is 5.92 Å². The molecule has 2 amide bonds. The van der Waals surface area contributed by atoms with Crippen molar-refractivity contribution < 1.29 is 24.2 Å². The average Bonchev–Trinajstić information content (AvgIpc) is 3.79. The molecule has 4 heterocycles. The van der Waals surface area contributed by atoms with E-state index in [0.29, 0.717) is 31.7 Å². The third-order valence-corrected chi connectivity index (χ3v) is 15.3. The van der Waals surface area contributed by atoms with E-state index in [4.69, 9.17) is 9.47 Å². The number of aryl methyl sites for hydroxylation is 1. The highest BCUT2D eigenvalue weighted by Gasteiger charge is 2.64. The number of aromatic nitrogens is 3. The number of carbonyl (C=O) groups is 2. The van der Waals surface area contributed by atoms with Crippen molar-refractivity contribution in [2.24, 2.45) is 5.92 Å². The third kappa shape index (κ3) is 5.76. The standard InChI is InChI=1S/C37H44N6O5Si/c1-24-35(49(3,4)28-13-11-27(47-2)12-14-28)33(16-18-42-22-32(40-41-42)29(23-44)25-8-6-5-7-9-25)48-37(24)30-20-26(10-15-31(30)39-36(37)46)43-19-17-38-21-34(43)45/h5-15,20,22,24,29,33,35,38,44H,16-19,21,23H2,1-4H3,(H,39,46)/t24-,29?,33+,35-,37+/m0/s1. The van der Waals surface area contributed by atoms with Crippen LogP contribution in [0.3, 0.4) is 0 Å². The smallest absolute Gasteiger partial charge is 0.261 e. The van der Waals surface area contributed by atoms with E-state index in [0.717, 1.165) is 28.3 Å². The van der Waals surface area contributed by atoms with E-state index in [9.17, 15) is 14.7 Å². The number of ether oxygens (including phenoxy) is 2. The highest BCUT2D eigenvalue weighted by atomic mass is 28.3. The summed E-state index contributed by atoms with van der Waals surface area (Å²) in [5, 5.41) is 26.6. The Morgan fingerprint density at radius 1 is 1.10 bits per heavy atom. The van der Waals surface area contributed by atoms with Crippen molar-refractivity contribution in [1.82, 2.24) is 20.3 Å². The van der Waals surface area contributed by atoms with E-state index in [1.807, 2.05) is 71.5 Å². The number of aliphatic hydroxyl groups is 1. The van der Waals surface area contributed by atoms with Crippen molar-refractivity contribution in [2.75, 3.05) is 43.6 Å². The molecule has 3 aliphatic rings. The molecule has 12 heteroatoms. The minimum atomic E-state index is -2.32. The predicted molar refractivity (Wildman–Crippen MR) is 190 cm³/mol. The summed E-state index contributed by atoms with van der Waals surface area (Å²) in [7, 11) is -0.654. The fourth-order valence-electron chi connectivity index (χ4n) is 8.33. The fraction of sp³-hybridized carbons (Fsp3) is 0.405. The molecule has 1 aromatic heterocycles. The van der Waals surface area contributed by atoms with Gasteiger partial charge in [0, 0.05) is 48.7 Å². The summed E-state index contributed by atoms with van der Waals surface area (Å²) in [6.07, 6.45) is 2.24. The molecule has 1 spiro atoms. The molecular weight excluding hydrogens is 637 g/mol. The Labute approximate surface area is 287 Å². The molecule has 11 nitrogen and oxygen atoms in total. The van der Waals surface area contributed by atoms with Crippen LogP contribution in [0.2, 0.25) is 18.6 Å². The molecule has 256 valence electrons. The minimum absolute atomic E-state index is 0.00428. The number of nitrogens with zero attached hydrogens (tertiary/aromatic N) is 4. The number of anilines is 2. The first-order valence-corrected chi connectivity index (χ1v) is 20.1. The van der Waals surface area contributed by atoms with E-state index < -0.39 is 13.7 Å². The maximum Gasteiger partial charge on any atom is 0.261 e. The van der Waals surface area contributed by atoms with Crippen LogP contribution in [-0.4, -0.2) is 79.4 Å². The zero-order valence-corrected chi connectivity index (χ0v) is 29.4. The maximum absolute atomic E-state index is 14.2. The zero-order chi connectivity index (χ0) is 34.3. The molecule has 7 rings (SSSR count). The van der Waals surface area contributed by atoms with Gasteiger partial charge in [0.15, 0.2) is 5.60 Å². The van der Waals surface area contributed by atoms with Crippen LogP contribution in [0.1, 0.15) is 36.1 Å². The van der Waals surface area contributed by atoms with Gasteiger partial charge in [0.2, 0.25) is 5.91 Å². The number of nitrogens with one attached hydrogen (secondary N) is 2. The van der Waals surface area contributed by atoms with E-state index >= 15 is 0 Å². The second-order valence-corrected chi connectivity index (χ2v) is 18.6. The SMILES string of the molecule is COc1ccc([Si](C)(C)[C@@H]2[C@@H](CCn3cc(C(CO)c4ccccc4)nn3)O[C@]3(C(=O)Nc4ccc(N5CCNCC5=O)cc43)[C@H]2C)cc1. The predicted octanol–water partition coefficient (Wildman–Crippen LogP) is 3.61. The van der Waals surface area contributed by atoms with Crippen molar-refractivity contribution in [3.05, 3.63) is 95.8 Å². The number of rotatable bonds is 10. The Kier molecular flexibility index (Phi) is 8.90. The summed E-state index contributed by atoms with van der Waals surface area (Å²) in [4.78, 5) is 28.8. The van der Waals surface area contributed by atoms with E-state index in [1.54, 1.807) is 12.0 Å². The largest absolute Gasteiger partial charge is 0.497 e. The number of benzene rings is 3. The number of aliphatic hydroxyl groups excluding tert-OH is 1. The summed E-state index contributed by atoms with van der Waals surface area (Å²) in [6, 6.07) is 23.9. The summed E-state index contributed by atoms with van der Waals surface area (Å²) < 4.78 is 14.4.